The minimum Gasteiger partial charge on any atom is -0.299 e. The smallest absolute Gasteiger partial charge is 0.0121 e. The van der Waals surface area contributed by atoms with E-state index in [4.69, 9.17) is 0 Å². The molecule has 0 amide bonds. The molecule has 2 atom stereocenters. The van der Waals surface area contributed by atoms with Crippen molar-refractivity contribution in [2.75, 3.05) is 45.8 Å². The van der Waals surface area contributed by atoms with E-state index in [-0.39, 0.29) is 0 Å². The third-order valence-corrected chi connectivity index (χ3v) is 20.2. The molecule has 2 saturated carbocycles. The molecule has 0 heterocycles. The predicted octanol–water partition coefficient (Wildman–Crippen LogP) is 23.9. The molecule has 9 heteroatoms. The number of unbranched alkanes of at least 4 members (excludes halogenated alkanes) is 1. The van der Waals surface area contributed by atoms with Crippen LogP contribution >= 0.6 is 0 Å². The predicted molar refractivity (Wildman–Crippen MR) is 451 cm³/mol. The van der Waals surface area contributed by atoms with Crippen molar-refractivity contribution >= 4 is 0 Å². The van der Waals surface area contributed by atoms with Crippen molar-refractivity contribution in [1.29, 1.82) is 0 Å². The fraction of sp³-hybridized carbons (Fsp3) is 1.00. The van der Waals surface area contributed by atoms with Crippen LogP contribution in [0.2, 0.25) is 0 Å². The van der Waals surface area contributed by atoms with Crippen molar-refractivity contribution in [3.63, 3.8) is 0 Å². The van der Waals surface area contributed by atoms with Crippen LogP contribution in [0.5, 0.6) is 0 Å². The third-order valence-electron chi connectivity index (χ3n) is 20.2. The van der Waals surface area contributed by atoms with Crippen LogP contribution in [-0.4, -0.2) is 211 Å². The normalized spacial score (nSPS) is 14.8. The van der Waals surface area contributed by atoms with Crippen molar-refractivity contribution in [3.8, 4) is 0 Å². The molecule has 2 fully saturated rings. The molecule has 0 aliphatic heterocycles. The highest BCUT2D eigenvalue weighted by Crippen LogP contribution is 2.31. The van der Waals surface area contributed by atoms with Crippen molar-refractivity contribution < 1.29 is 0 Å². The number of hydrogen-bond acceptors (Lipinski definition) is 9. The largest absolute Gasteiger partial charge is 0.299 e. The van der Waals surface area contributed by atoms with Gasteiger partial charge < -0.3 is 0 Å². The lowest BCUT2D eigenvalue weighted by Gasteiger charge is -2.43. The quantitative estimate of drug-likeness (QED) is 0.0609. The maximum Gasteiger partial charge on any atom is 0.0121 e. The first-order chi connectivity index (χ1) is 44.2. The van der Waals surface area contributed by atoms with Crippen LogP contribution in [0.25, 0.3) is 0 Å². The van der Waals surface area contributed by atoms with E-state index in [1.54, 1.807) is 0 Å². The van der Waals surface area contributed by atoms with Crippen molar-refractivity contribution in [2.45, 2.75) is 504 Å². The van der Waals surface area contributed by atoms with Gasteiger partial charge in [0, 0.05) is 154 Å². The van der Waals surface area contributed by atoms with E-state index in [0.717, 1.165) is 53.9 Å². The molecular formula is C88H197N9. The Morgan fingerprint density at radius 2 is 0.588 bits per heavy atom. The first kappa shape index (κ1) is 108. The van der Waals surface area contributed by atoms with Crippen LogP contribution in [0.3, 0.4) is 0 Å². The van der Waals surface area contributed by atoms with Crippen LogP contribution in [-0.2, 0) is 0 Å². The summed E-state index contributed by atoms with van der Waals surface area (Å²) in [6, 6.07) is 13.7. The fourth-order valence-electron chi connectivity index (χ4n) is 14.1. The zero-order valence-corrected chi connectivity index (χ0v) is 76.7. The lowest BCUT2D eigenvalue weighted by molar-refractivity contribution is 0.0542. The van der Waals surface area contributed by atoms with Crippen LogP contribution in [0.4, 0.5) is 0 Å². The molecule has 0 aromatic heterocycles. The van der Waals surface area contributed by atoms with Gasteiger partial charge in [-0.15, -0.1) is 0 Å². The summed E-state index contributed by atoms with van der Waals surface area (Å²) < 4.78 is 0. The highest BCUT2D eigenvalue weighted by molar-refractivity contribution is 4.86. The summed E-state index contributed by atoms with van der Waals surface area (Å²) >= 11 is 0. The molecule has 2 unspecified atom stereocenters. The summed E-state index contributed by atoms with van der Waals surface area (Å²) in [6.07, 6.45) is 12.5. The molecule has 2 rings (SSSR count). The van der Waals surface area contributed by atoms with Crippen molar-refractivity contribution in [2.24, 2.45) is 29.1 Å². The maximum absolute atomic E-state index is 2.64. The van der Waals surface area contributed by atoms with Gasteiger partial charge in [-0.25, -0.2) is 0 Å². The van der Waals surface area contributed by atoms with E-state index in [9.17, 15) is 0 Å². The lowest BCUT2D eigenvalue weighted by Crippen LogP contribution is -2.49. The number of rotatable bonds is 36. The van der Waals surface area contributed by atoms with E-state index >= 15 is 0 Å². The standard InChI is InChI=1S/C14H32N2.C12H27N.2C11H25N.2C10H21N.2C10H23N/c1-11(2)15(12(3)4)9-10-16(13(5)6)14(7)8;1-9(2)13(10(3)4)11(5)12(6,7)8;1-9(2)7-8-12(10(3)4)11(5)6;1-7-11(6)8-12(9(2)3)10(4)5;1-8(2)11(9(3)4)7-10-5-6-10;1-8(2)11(9(3)4)10-6-5-7-10;1-8(2)7-11(9(3)4)10(5)6;1-6-7-8-11(9(2)3)10(4)5/h11-14H,9-10H2,1-8H3;9-11H,1-8H3;2*9-11H,7-8H2,1-6H3;2*8-10H,5-7H2,1-4H3;8-10H,7H2,1-6H3;9-10H,6-8H2,1-5H3. The molecule has 594 valence electrons. The number of nitrogens with zero attached hydrogens (tertiary/aromatic N) is 9. The molecule has 0 bridgehead atoms. The molecule has 0 radical (unpaired) electrons. The van der Waals surface area contributed by atoms with Gasteiger partial charge >= 0.3 is 0 Å². The Labute approximate surface area is 619 Å². The minimum absolute atomic E-state index is 0.370. The Balaban J connectivity index is -0.000000245. The molecule has 0 saturated heterocycles. The van der Waals surface area contributed by atoms with E-state index < -0.39 is 0 Å². The Kier molecular flexibility index (Phi) is 65.3. The Morgan fingerprint density at radius 1 is 0.299 bits per heavy atom. The topological polar surface area (TPSA) is 29.2 Å². The van der Waals surface area contributed by atoms with Crippen LogP contribution in [0.1, 0.15) is 383 Å². The van der Waals surface area contributed by atoms with Gasteiger partial charge in [0.1, 0.15) is 0 Å². The minimum atomic E-state index is 0.370. The van der Waals surface area contributed by atoms with Gasteiger partial charge in [0.2, 0.25) is 0 Å². The second kappa shape index (κ2) is 58.9. The average Bonchev–Trinajstić information content (AvgIpc) is 1.55. The Bertz CT molecular complexity index is 1550. The molecule has 97 heavy (non-hydrogen) atoms. The second-order valence-corrected chi connectivity index (χ2v) is 37.1. The van der Waals surface area contributed by atoms with Crippen LogP contribution in [0.15, 0.2) is 0 Å². The summed E-state index contributed by atoms with van der Waals surface area (Å²) in [4.78, 5) is 23.2. The monoisotopic (exact) mass is 1380 g/mol. The molecule has 2 aliphatic carbocycles. The first-order valence-electron chi connectivity index (χ1n) is 42.0. The van der Waals surface area contributed by atoms with Gasteiger partial charge in [0.15, 0.2) is 0 Å². The third kappa shape index (κ3) is 55.8. The van der Waals surface area contributed by atoms with Gasteiger partial charge in [-0.05, 0) is 337 Å². The Morgan fingerprint density at radius 3 is 0.763 bits per heavy atom. The average molecular weight is 1380 g/mol. The fourth-order valence-corrected chi connectivity index (χ4v) is 14.1. The molecule has 0 aromatic carbocycles. The van der Waals surface area contributed by atoms with Gasteiger partial charge in [-0.3, -0.25) is 44.1 Å². The van der Waals surface area contributed by atoms with Gasteiger partial charge in [0.05, 0.1) is 0 Å². The summed E-state index contributed by atoms with van der Waals surface area (Å²) in [5, 5.41) is 0. The molecule has 9 nitrogen and oxygen atoms in total. The van der Waals surface area contributed by atoms with Crippen LogP contribution in [0, 0.1) is 29.1 Å². The maximum atomic E-state index is 2.64. The summed E-state index contributed by atoms with van der Waals surface area (Å²) in [5.41, 5.74) is 0.370. The highest BCUT2D eigenvalue weighted by atomic mass is 15.2. The molecule has 2 aliphatic rings. The number of hydrogen-bond donors (Lipinski definition) is 0. The molecule has 0 aromatic rings. The summed E-state index contributed by atoms with van der Waals surface area (Å²) in [7, 11) is 0. The SMILES string of the molecule is CC(C)CCN(C(C)C)C(C)C.CC(C)CN(C(C)C)C(C)C.CC(C)N(C(C)C)C(C)C(C)(C)C.CC(C)N(C(C)C)C1CCC1.CC(C)N(CC1CC1)C(C)C.CC(C)N(CCN(C(C)C)C(C)C)C(C)C.CCC(C)CN(C(C)C)C(C)C.CCCCN(C(C)C)C(C)C. The molecular weight excluding hydrogens is 1180 g/mol. The zero-order valence-electron chi connectivity index (χ0n) is 76.7. The van der Waals surface area contributed by atoms with E-state index in [1.807, 2.05) is 0 Å². The van der Waals surface area contributed by atoms with Crippen molar-refractivity contribution in [1.82, 2.24) is 44.1 Å². The van der Waals surface area contributed by atoms with Crippen LogP contribution < -0.4 is 0 Å². The van der Waals surface area contributed by atoms with E-state index in [1.165, 1.54) is 104 Å². The Hall–Kier alpha value is -0.360. The van der Waals surface area contributed by atoms with Gasteiger partial charge in [-0.2, -0.15) is 0 Å². The first-order valence-corrected chi connectivity index (χ1v) is 42.0. The van der Waals surface area contributed by atoms with E-state index in [2.05, 4.69) is 370 Å². The zero-order chi connectivity index (χ0) is 77.9. The van der Waals surface area contributed by atoms with E-state index in [0.29, 0.717) is 96.0 Å². The highest BCUT2D eigenvalue weighted by Gasteiger charge is 2.31. The summed E-state index contributed by atoms with van der Waals surface area (Å²) in [5.74, 6) is 3.46. The van der Waals surface area contributed by atoms with Gasteiger partial charge in [-0.1, -0.05) is 88.5 Å². The lowest BCUT2D eigenvalue weighted by atomic mass is 9.85. The second-order valence-electron chi connectivity index (χ2n) is 37.1. The molecule has 0 spiro atoms. The van der Waals surface area contributed by atoms with Crippen molar-refractivity contribution in [3.05, 3.63) is 0 Å². The molecule has 0 N–H and O–H groups in total. The summed E-state index contributed by atoms with van der Waals surface area (Å²) in [6.45, 7) is 116. The van der Waals surface area contributed by atoms with Gasteiger partial charge in [0.25, 0.3) is 0 Å².